The van der Waals surface area contributed by atoms with Crippen LogP contribution in [0.4, 0.5) is 0 Å². The molecular formula is C17H13ClN2O. The highest BCUT2D eigenvalue weighted by molar-refractivity contribution is 6.30. The summed E-state index contributed by atoms with van der Waals surface area (Å²) in [6.45, 7) is 1.89. The van der Waals surface area contributed by atoms with E-state index in [-0.39, 0.29) is 5.56 Å². The molecular weight excluding hydrogens is 284 g/mol. The van der Waals surface area contributed by atoms with Crippen LogP contribution < -0.4 is 5.56 Å². The number of aromatic nitrogens is 2. The minimum atomic E-state index is -0.156. The highest BCUT2D eigenvalue weighted by atomic mass is 35.5. The molecule has 3 nitrogen and oxygen atoms in total. The van der Waals surface area contributed by atoms with E-state index in [0.29, 0.717) is 5.02 Å². The van der Waals surface area contributed by atoms with E-state index < -0.39 is 0 Å². The molecule has 0 N–H and O–H groups in total. The molecule has 0 unspecified atom stereocenters. The molecule has 0 radical (unpaired) electrons. The summed E-state index contributed by atoms with van der Waals surface area (Å²) >= 11 is 5.89. The number of benzene rings is 2. The standard InChI is InChI=1S/C17H13ClN2O/c1-12-16(13-7-9-14(18)10-8-13)11-17(21)20(19-12)15-5-3-2-4-6-15/h2-11H,1H3. The second kappa shape index (κ2) is 5.54. The van der Waals surface area contributed by atoms with Gasteiger partial charge in [0, 0.05) is 16.7 Å². The summed E-state index contributed by atoms with van der Waals surface area (Å²) in [6.07, 6.45) is 0. The number of hydrogen-bond acceptors (Lipinski definition) is 2. The number of para-hydroxylation sites is 1. The van der Waals surface area contributed by atoms with Crippen LogP contribution in [-0.4, -0.2) is 9.78 Å². The van der Waals surface area contributed by atoms with Crippen LogP contribution in [0.25, 0.3) is 16.8 Å². The first kappa shape index (κ1) is 13.6. The normalized spacial score (nSPS) is 10.6. The van der Waals surface area contributed by atoms with Gasteiger partial charge in [0.25, 0.3) is 5.56 Å². The van der Waals surface area contributed by atoms with Crippen molar-refractivity contribution in [1.82, 2.24) is 9.78 Å². The van der Waals surface area contributed by atoms with Gasteiger partial charge in [0.15, 0.2) is 0 Å². The van der Waals surface area contributed by atoms with Crippen molar-refractivity contribution >= 4 is 11.6 Å². The lowest BCUT2D eigenvalue weighted by Gasteiger charge is -2.09. The SMILES string of the molecule is Cc1nn(-c2ccccc2)c(=O)cc1-c1ccc(Cl)cc1. The van der Waals surface area contributed by atoms with Crippen LogP contribution >= 0.6 is 11.6 Å². The van der Waals surface area contributed by atoms with Crippen molar-refractivity contribution in [3.8, 4) is 16.8 Å². The topological polar surface area (TPSA) is 34.9 Å². The van der Waals surface area contributed by atoms with E-state index in [1.54, 1.807) is 18.2 Å². The highest BCUT2D eigenvalue weighted by Crippen LogP contribution is 2.22. The first-order valence-electron chi connectivity index (χ1n) is 6.57. The Morgan fingerprint density at radius 3 is 2.33 bits per heavy atom. The molecule has 3 rings (SSSR count). The van der Waals surface area contributed by atoms with E-state index in [4.69, 9.17) is 11.6 Å². The van der Waals surface area contributed by atoms with Gasteiger partial charge in [-0.25, -0.2) is 0 Å². The molecule has 0 aliphatic carbocycles. The Bertz CT molecular complexity index is 824. The number of rotatable bonds is 2. The lowest BCUT2D eigenvalue weighted by atomic mass is 10.1. The second-order valence-electron chi connectivity index (χ2n) is 4.74. The Hall–Kier alpha value is -2.39. The van der Waals surface area contributed by atoms with Gasteiger partial charge in [-0.15, -0.1) is 0 Å². The smallest absolute Gasteiger partial charge is 0.267 e. The summed E-state index contributed by atoms with van der Waals surface area (Å²) in [5.41, 5.74) is 3.15. The van der Waals surface area contributed by atoms with E-state index in [1.165, 1.54) is 4.68 Å². The monoisotopic (exact) mass is 296 g/mol. The third-order valence-corrected chi connectivity index (χ3v) is 3.52. The molecule has 0 aliphatic rings. The molecule has 2 aromatic carbocycles. The van der Waals surface area contributed by atoms with E-state index >= 15 is 0 Å². The van der Waals surface area contributed by atoms with E-state index in [2.05, 4.69) is 5.10 Å². The van der Waals surface area contributed by atoms with Crippen molar-refractivity contribution in [3.63, 3.8) is 0 Å². The second-order valence-corrected chi connectivity index (χ2v) is 5.17. The Morgan fingerprint density at radius 2 is 1.67 bits per heavy atom. The summed E-state index contributed by atoms with van der Waals surface area (Å²) in [7, 11) is 0. The Morgan fingerprint density at radius 1 is 1.00 bits per heavy atom. The van der Waals surface area contributed by atoms with Crippen molar-refractivity contribution in [2.24, 2.45) is 0 Å². The Balaban J connectivity index is 2.13. The molecule has 104 valence electrons. The summed E-state index contributed by atoms with van der Waals surface area (Å²) in [6, 6.07) is 18.4. The summed E-state index contributed by atoms with van der Waals surface area (Å²) in [4.78, 5) is 12.3. The summed E-state index contributed by atoms with van der Waals surface area (Å²) in [5, 5.41) is 5.08. The lowest BCUT2D eigenvalue weighted by molar-refractivity contribution is 0.787. The largest absolute Gasteiger partial charge is 0.272 e. The van der Waals surface area contributed by atoms with Crippen LogP contribution in [0, 0.1) is 6.92 Å². The van der Waals surface area contributed by atoms with Crippen molar-refractivity contribution in [2.75, 3.05) is 0 Å². The third kappa shape index (κ3) is 2.73. The Kier molecular flexibility index (Phi) is 3.59. The average molecular weight is 297 g/mol. The van der Waals surface area contributed by atoms with Crippen LogP contribution in [-0.2, 0) is 0 Å². The van der Waals surface area contributed by atoms with Crippen LogP contribution in [0.3, 0.4) is 0 Å². The van der Waals surface area contributed by atoms with Gasteiger partial charge >= 0.3 is 0 Å². The van der Waals surface area contributed by atoms with Gasteiger partial charge in [0.1, 0.15) is 0 Å². The lowest BCUT2D eigenvalue weighted by Crippen LogP contribution is -2.21. The molecule has 4 heteroatoms. The van der Waals surface area contributed by atoms with Gasteiger partial charge in [-0.1, -0.05) is 41.9 Å². The van der Waals surface area contributed by atoms with Crippen LogP contribution in [0.15, 0.2) is 65.5 Å². The molecule has 0 spiro atoms. The quantitative estimate of drug-likeness (QED) is 0.720. The molecule has 0 saturated heterocycles. The number of aryl methyl sites for hydroxylation is 1. The zero-order valence-electron chi connectivity index (χ0n) is 11.5. The fraction of sp³-hybridized carbons (Fsp3) is 0.0588. The Labute approximate surface area is 127 Å². The van der Waals surface area contributed by atoms with Gasteiger partial charge in [0.2, 0.25) is 0 Å². The van der Waals surface area contributed by atoms with Crippen LogP contribution in [0.1, 0.15) is 5.69 Å². The number of nitrogens with zero attached hydrogens (tertiary/aromatic N) is 2. The van der Waals surface area contributed by atoms with Gasteiger partial charge in [-0.05, 0) is 36.8 Å². The number of hydrogen-bond donors (Lipinski definition) is 0. The molecule has 0 saturated carbocycles. The molecule has 21 heavy (non-hydrogen) atoms. The van der Waals surface area contributed by atoms with E-state index in [9.17, 15) is 4.79 Å². The maximum absolute atomic E-state index is 12.3. The average Bonchev–Trinajstić information content (AvgIpc) is 2.51. The fourth-order valence-corrected chi connectivity index (χ4v) is 2.34. The predicted molar refractivity (Wildman–Crippen MR) is 85.0 cm³/mol. The minimum Gasteiger partial charge on any atom is -0.267 e. The fourth-order valence-electron chi connectivity index (χ4n) is 2.22. The highest BCUT2D eigenvalue weighted by Gasteiger charge is 2.08. The maximum atomic E-state index is 12.3. The van der Waals surface area contributed by atoms with Crippen molar-refractivity contribution < 1.29 is 0 Å². The molecule has 3 aromatic rings. The molecule has 0 atom stereocenters. The van der Waals surface area contributed by atoms with Crippen molar-refractivity contribution in [1.29, 1.82) is 0 Å². The third-order valence-electron chi connectivity index (χ3n) is 3.27. The van der Waals surface area contributed by atoms with Gasteiger partial charge in [-0.3, -0.25) is 4.79 Å². The molecule has 0 bridgehead atoms. The number of halogens is 1. The van der Waals surface area contributed by atoms with Crippen molar-refractivity contribution in [2.45, 2.75) is 6.92 Å². The molecule has 0 aliphatic heterocycles. The molecule has 1 aromatic heterocycles. The van der Waals surface area contributed by atoms with Crippen LogP contribution in [0.5, 0.6) is 0 Å². The van der Waals surface area contributed by atoms with E-state index in [1.807, 2.05) is 49.4 Å². The molecule has 1 heterocycles. The first-order chi connectivity index (χ1) is 10.1. The molecule has 0 fully saturated rings. The maximum Gasteiger partial charge on any atom is 0.272 e. The predicted octanol–water partition coefficient (Wildman–Crippen LogP) is 3.86. The van der Waals surface area contributed by atoms with Crippen LogP contribution in [0.2, 0.25) is 5.02 Å². The zero-order valence-corrected chi connectivity index (χ0v) is 12.2. The zero-order chi connectivity index (χ0) is 14.8. The van der Waals surface area contributed by atoms with E-state index in [0.717, 1.165) is 22.5 Å². The minimum absolute atomic E-state index is 0.156. The first-order valence-corrected chi connectivity index (χ1v) is 6.95. The van der Waals surface area contributed by atoms with Gasteiger partial charge in [-0.2, -0.15) is 9.78 Å². The van der Waals surface area contributed by atoms with Gasteiger partial charge < -0.3 is 0 Å². The summed E-state index contributed by atoms with van der Waals surface area (Å²) < 4.78 is 1.41. The van der Waals surface area contributed by atoms with Gasteiger partial charge in [0.05, 0.1) is 11.4 Å². The van der Waals surface area contributed by atoms with Crippen molar-refractivity contribution in [3.05, 3.63) is 81.7 Å². The summed E-state index contributed by atoms with van der Waals surface area (Å²) in [5.74, 6) is 0. The molecule has 0 amide bonds.